The molecule has 1 aliphatic rings. The SMILES string of the molecule is CCCCOc1ccc(CC(C(=O)OC)N2CCN(CC(=O)OC(C)(C)C)CCN(CC(=O)OC(C)(C)C)CCN(CC(=O)OC(C)(C)C)CC2)cc1. The van der Waals surface area contributed by atoms with Gasteiger partial charge in [-0.1, -0.05) is 25.5 Å². The molecule has 1 fully saturated rings. The fourth-order valence-corrected chi connectivity index (χ4v) is 5.78. The average molecular weight is 749 g/mol. The first-order valence-electron chi connectivity index (χ1n) is 19.0. The van der Waals surface area contributed by atoms with Crippen LogP contribution in [0.1, 0.15) is 87.6 Å². The summed E-state index contributed by atoms with van der Waals surface area (Å²) in [5.41, 5.74) is -0.993. The topological polar surface area (TPSA) is 127 Å². The quantitative estimate of drug-likeness (QED) is 0.153. The Morgan fingerprint density at radius 3 is 1.34 bits per heavy atom. The summed E-state index contributed by atoms with van der Waals surface area (Å²) in [4.78, 5) is 60.7. The Morgan fingerprint density at radius 1 is 0.623 bits per heavy atom. The second-order valence-corrected chi connectivity index (χ2v) is 16.7. The molecule has 1 unspecified atom stereocenters. The summed E-state index contributed by atoms with van der Waals surface area (Å²) in [6.07, 6.45) is 2.41. The predicted octanol–water partition coefficient (Wildman–Crippen LogP) is 4.20. The molecular formula is C40H68N4O9. The molecule has 0 bridgehead atoms. The van der Waals surface area contributed by atoms with E-state index in [0.717, 1.165) is 24.2 Å². The number of ether oxygens (including phenoxy) is 5. The molecule has 1 atom stereocenters. The van der Waals surface area contributed by atoms with Gasteiger partial charge in [0.1, 0.15) is 28.6 Å². The van der Waals surface area contributed by atoms with E-state index in [4.69, 9.17) is 23.7 Å². The van der Waals surface area contributed by atoms with Gasteiger partial charge in [-0.15, -0.1) is 0 Å². The molecule has 0 spiro atoms. The monoisotopic (exact) mass is 748 g/mol. The molecule has 2 rings (SSSR count). The van der Waals surface area contributed by atoms with E-state index in [2.05, 4.69) is 11.8 Å². The fourth-order valence-electron chi connectivity index (χ4n) is 5.78. The highest BCUT2D eigenvalue weighted by Crippen LogP contribution is 2.18. The molecule has 302 valence electrons. The molecule has 1 heterocycles. The van der Waals surface area contributed by atoms with Gasteiger partial charge in [0.2, 0.25) is 0 Å². The third kappa shape index (κ3) is 20.1. The Balaban J connectivity index is 2.44. The van der Waals surface area contributed by atoms with Crippen LogP contribution >= 0.6 is 0 Å². The molecule has 0 saturated carbocycles. The van der Waals surface area contributed by atoms with Gasteiger partial charge in [0.25, 0.3) is 0 Å². The van der Waals surface area contributed by atoms with Crippen LogP contribution < -0.4 is 4.74 Å². The summed E-state index contributed by atoms with van der Waals surface area (Å²) in [5.74, 6) is -0.663. The van der Waals surface area contributed by atoms with E-state index in [1.54, 1.807) is 0 Å². The highest BCUT2D eigenvalue weighted by atomic mass is 16.6. The number of carbonyl (C=O) groups is 4. The van der Waals surface area contributed by atoms with Crippen molar-refractivity contribution in [1.29, 1.82) is 0 Å². The number of benzene rings is 1. The molecule has 1 aromatic carbocycles. The van der Waals surface area contributed by atoms with Gasteiger partial charge in [-0.25, -0.2) is 0 Å². The lowest BCUT2D eigenvalue weighted by molar-refractivity contribution is -0.158. The van der Waals surface area contributed by atoms with Crippen molar-refractivity contribution >= 4 is 23.9 Å². The van der Waals surface area contributed by atoms with Gasteiger partial charge in [0.05, 0.1) is 33.4 Å². The zero-order valence-electron chi connectivity index (χ0n) is 34.5. The van der Waals surface area contributed by atoms with Crippen LogP contribution in [0.5, 0.6) is 5.75 Å². The number of esters is 4. The molecule has 1 saturated heterocycles. The highest BCUT2D eigenvalue weighted by molar-refractivity contribution is 5.76. The average Bonchev–Trinajstić information content (AvgIpc) is 3.01. The van der Waals surface area contributed by atoms with Crippen LogP contribution in [0.4, 0.5) is 0 Å². The lowest BCUT2D eigenvalue weighted by Crippen LogP contribution is -2.53. The van der Waals surface area contributed by atoms with Crippen LogP contribution in [-0.2, 0) is 44.5 Å². The minimum Gasteiger partial charge on any atom is -0.494 e. The van der Waals surface area contributed by atoms with E-state index in [1.807, 2.05) is 101 Å². The maximum absolute atomic E-state index is 13.5. The summed E-state index contributed by atoms with van der Waals surface area (Å²) in [5, 5.41) is 0. The van der Waals surface area contributed by atoms with Gasteiger partial charge < -0.3 is 23.7 Å². The molecule has 13 heteroatoms. The largest absolute Gasteiger partial charge is 0.494 e. The number of carbonyl (C=O) groups excluding carboxylic acids is 4. The zero-order chi connectivity index (χ0) is 39.8. The van der Waals surface area contributed by atoms with Crippen molar-refractivity contribution in [2.45, 2.75) is 111 Å². The maximum Gasteiger partial charge on any atom is 0.323 e. The summed E-state index contributed by atoms with van der Waals surface area (Å²) in [7, 11) is 1.39. The van der Waals surface area contributed by atoms with Gasteiger partial charge in [-0.3, -0.25) is 38.8 Å². The molecule has 53 heavy (non-hydrogen) atoms. The Kier molecular flexibility index (Phi) is 18.7. The Labute approximate surface area is 318 Å². The van der Waals surface area contributed by atoms with Crippen molar-refractivity contribution in [2.75, 3.05) is 85.7 Å². The van der Waals surface area contributed by atoms with Crippen LogP contribution in [0, 0.1) is 0 Å². The summed E-state index contributed by atoms with van der Waals surface area (Å²) in [6.45, 7) is 22.9. The van der Waals surface area contributed by atoms with E-state index in [-0.39, 0.29) is 43.5 Å². The van der Waals surface area contributed by atoms with Crippen molar-refractivity contribution in [3.63, 3.8) is 0 Å². The Hall–Kier alpha value is -3.26. The number of hydrogen-bond acceptors (Lipinski definition) is 13. The predicted molar refractivity (Wildman–Crippen MR) is 205 cm³/mol. The van der Waals surface area contributed by atoms with Gasteiger partial charge in [-0.2, -0.15) is 0 Å². The van der Waals surface area contributed by atoms with E-state index in [9.17, 15) is 19.2 Å². The van der Waals surface area contributed by atoms with Crippen molar-refractivity contribution in [2.24, 2.45) is 0 Å². The number of methoxy groups -OCH3 is 1. The van der Waals surface area contributed by atoms with E-state index < -0.39 is 22.8 Å². The molecule has 0 N–H and O–H groups in total. The van der Waals surface area contributed by atoms with Gasteiger partial charge in [-0.05, 0) is 92.9 Å². The van der Waals surface area contributed by atoms with Gasteiger partial charge in [0.15, 0.2) is 0 Å². The molecular weight excluding hydrogens is 680 g/mol. The van der Waals surface area contributed by atoms with Gasteiger partial charge >= 0.3 is 23.9 Å². The van der Waals surface area contributed by atoms with E-state index >= 15 is 0 Å². The first-order valence-corrected chi connectivity index (χ1v) is 19.0. The lowest BCUT2D eigenvalue weighted by Gasteiger charge is -2.36. The number of hydrogen-bond donors (Lipinski definition) is 0. The number of unbranched alkanes of at least 4 members (excludes halogenated alkanes) is 1. The summed E-state index contributed by atoms with van der Waals surface area (Å²) < 4.78 is 28.2. The van der Waals surface area contributed by atoms with Crippen LogP contribution in [0.3, 0.4) is 0 Å². The number of nitrogens with zero attached hydrogens (tertiary/aromatic N) is 4. The molecule has 1 aliphatic heterocycles. The van der Waals surface area contributed by atoms with Crippen LogP contribution in [0.15, 0.2) is 24.3 Å². The summed E-state index contributed by atoms with van der Waals surface area (Å²) in [6, 6.07) is 7.14. The lowest BCUT2D eigenvalue weighted by atomic mass is 10.0. The maximum atomic E-state index is 13.5. The van der Waals surface area contributed by atoms with Gasteiger partial charge in [0, 0.05) is 52.4 Å². The highest BCUT2D eigenvalue weighted by Gasteiger charge is 2.30. The first-order chi connectivity index (χ1) is 24.7. The first kappa shape index (κ1) is 45.9. The van der Waals surface area contributed by atoms with Crippen molar-refractivity contribution in [3.8, 4) is 5.75 Å². The molecule has 1 aromatic rings. The van der Waals surface area contributed by atoms with Crippen molar-refractivity contribution in [3.05, 3.63) is 29.8 Å². The van der Waals surface area contributed by atoms with Crippen LogP contribution in [-0.4, -0.2) is 152 Å². The van der Waals surface area contributed by atoms with Crippen molar-refractivity contribution < 1.29 is 42.9 Å². The zero-order valence-corrected chi connectivity index (χ0v) is 34.5. The third-order valence-corrected chi connectivity index (χ3v) is 8.22. The molecule has 0 radical (unpaired) electrons. The van der Waals surface area contributed by atoms with Crippen LogP contribution in [0.2, 0.25) is 0 Å². The second kappa shape index (κ2) is 21.6. The molecule has 13 nitrogen and oxygen atoms in total. The standard InChI is InChI=1S/C40H68N4O9/c1-12-13-26-50-32-16-14-31(15-17-32)27-33(37(48)49-11)44-24-22-42(29-35(46)52-39(5,6)7)20-18-41(28-34(45)51-38(2,3)4)19-21-43(23-25-44)30-36(47)53-40(8,9)10/h14-17,33H,12-13,18-30H2,1-11H3. The fraction of sp³-hybridized carbons (Fsp3) is 0.750. The Morgan fingerprint density at radius 2 is 1.00 bits per heavy atom. The summed E-state index contributed by atoms with van der Waals surface area (Å²) >= 11 is 0. The smallest absolute Gasteiger partial charge is 0.323 e. The second-order valence-electron chi connectivity index (χ2n) is 16.7. The molecule has 0 amide bonds. The van der Waals surface area contributed by atoms with Crippen LogP contribution in [0.25, 0.3) is 0 Å². The van der Waals surface area contributed by atoms with Crippen molar-refractivity contribution in [1.82, 2.24) is 19.6 Å². The normalized spacial score (nSPS) is 17.2. The van der Waals surface area contributed by atoms with E-state index in [0.29, 0.717) is 65.4 Å². The minimum atomic E-state index is -0.650. The minimum absolute atomic E-state index is 0.0402. The molecule has 0 aliphatic carbocycles. The third-order valence-electron chi connectivity index (χ3n) is 8.22. The van der Waals surface area contributed by atoms with E-state index in [1.165, 1.54) is 7.11 Å². The number of rotatable bonds is 14. The molecule has 0 aromatic heterocycles. The Bertz CT molecular complexity index is 1240.